The molecule has 0 aliphatic heterocycles. The summed E-state index contributed by atoms with van der Waals surface area (Å²) >= 11 is 0. The highest BCUT2D eigenvalue weighted by Crippen LogP contribution is 2.41. The maximum atomic E-state index is 10.1. The molecule has 0 bridgehead atoms. The van der Waals surface area contributed by atoms with Gasteiger partial charge in [-0.2, -0.15) is 0 Å². The lowest BCUT2D eigenvalue weighted by molar-refractivity contribution is 0.0262. The molecule has 2 heteroatoms. The highest BCUT2D eigenvalue weighted by molar-refractivity contribution is 4.91. The van der Waals surface area contributed by atoms with Gasteiger partial charge in [0.15, 0.2) is 0 Å². The van der Waals surface area contributed by atoms with Gasteiger partial charge in [-0.25, -0.2) is 0 Å². The van der Waals surface area contributed by atoms with Crippen LogP contribution >= 0.6 is 0 Å². The summed E-state index contributed by atoms with van der Waals surface area (Å²) in [5.74, 6) is 0. The molecule has 0 aromatic heterocycles. The minimum atomic E-state index is -0.151. The van der Waals surface area contributed by atoms with E-state index in [0.717, 1.165) is 25.7 Å². The second-order valence-electron chi connectivity index (χ2n) is 4.79. The number of hydrogen-bond donors (Lipinski definition) is 2. The summed E-state index contributed by atoms with van der Waals surface area (Å²) < 4.78 is 0. The van der Waals surface area contributed by atoms with E-state index in [-0.39, 0.29) is 11.5 Å². The highest BCUT2D eigenvalue weighted by Gasteiger charge is 2.38. The number of aliphatic hydroxyl groups is 1. The van der Waals surface area contributed by atoms with Crippen molar-refractivity contribution >= 4 is 0 Å². The Bertz CT molecular complexity index is 152. The fourth-order valence-corrected chi connectivity index (χ4v) is 2.65. The topological polar surface area (TPSA) is 46.2 Å². The first kappa shape index (κ1) is 12.0. The molecule has 1 aliphatic rings. The molecule has 0 aromatic rings. The molecule has 84 valence electrons. The summed E-state index contributed by atoms with van der Waals surface area (Å²) in [6.07, 6.45) is 9.18. The molecule has 1 saturated carbocycles. The molecule has 0 saturated heterocycles. The maximum absolute atomic E-state index is 10.1. The summed E-state index contributed by atoms with van der Waals surface area (Å²) in [6.45, 7) is 2.86. The van der Waals surface area contributed by atoms with E-state index in [0.29, 0.717) is 6.54 Å². The zero-order valence-electron chi connectivity index (χ0n) is 9.47. The zero-order chi connectivity index (χ0) is 10.4. The first-order valence-electron chi connectivity index (χ1n) is 6.13. The fourth-order valence-electron chi connectivity index (χ4n) is 2.65. The Morgan fingerprint density at radius 2 is 1.93 bits per heavy atom. The lowest BCUT2D eigenvalue weighted by Gasteiger charge is -2.33. The van der Waals surface area contributed by atoms with Crippen LogP contribution in [0.4, 0.5) is 0 Å². The molecular formula is C12H25NO. The largest absolute Gasteiger partial charge is 0.393 e. The van der Waals surface area contributed by atoms with Crippen molar-refractivity contribution in [1.82, 2.24) is 0 Å². The van der Waals surface area contributed by atoms with E-state index < -0.39 is 0 Å². The number of aliphatic hydroxyl groups excluding tert-OH is 1. The molecule has 1 rings (SSSR count). The predicted octanol–water partition coefficient (Wildman–Crippen LogP) is 2.45. The van der Waals surface area contributed by atoms with Gasteiger partial charge in [0.1, 0.15) is 0 Å². The monoisotopic (exact) mass is 199 g/mol. The van der Waals surface area contributed by atoms with Gasteiger partial charge in [-0.05, 0) is 19.3 Å². The van der Waals surface area contributed by atoms with Crippen molar-refractivity contribution in [2.75, 3.05) is 6.54 Å². The van der Waals surface area contributed by atoms with E-state index in [1.807, 2.05) is 0 Å². The van der Waals surface area contributed by atoms with Crippen molar-refractivity contribution in [3.8, 4) is 0 Å². The lowest BCUT2D eigenvalue weighted by atomic mass is 9.78. The Kier molecular flexibility index (Phi) is 4.90. The quantitative estimate of drug-likeness (QED) is 0.645. The number of rotatable bonds is 6. The lowest BCUT2D eigenvalue weighted by Crippen LogP contribution is -2.39. The van der Waals surface area contributed by atoms with Gasteiger partial charge >= 0.3 is 0 Å². The van der Waals surface area contributed by atoms with Crippen LogP contribution < -0.4 is 5.73 Å². The molecule has 0 amide bonds. The third-order valence-corrected chi connectivity index (χ3v) is 3.79. The summed E-state index contributed by atoms with van der Waals surface area (Å²) in [5.41, 5.74) is 5.89. The predicted molar refractivity (Wildman–Crippen MR) is 60.1 cm³/mol. The standard InChI is InChI=1S/C12H25NO/c1-2-3-4-7-11(14)12(10-13)8-5-6-9-12/h11,14H,2-10,13H2,1H3. The van der Waals surface area contributed by atoms with E-state index in [9.17, 15) is 5.11 Å². The summed E-state index contributed by atoms with van der Waals surface area (Å²) in [5, 5.41) is 10.1. The third kappa shape index (κ3) is 2.71. The van der Waals surface area contributed by atoms with Gasteiger partial charge in [0, 0.05) is 12.0 Å². The van der Waals surface area contributed by atoms with Gasteiger partial charge < -0.3 is 10.8 Å². The Balaban J connectivity index is 2.35. The molecule has 0 heterocycles. The fraction of sp³-hybridized carbons (Fsp3) is 1.00. The van der Waals surface area contributed by atoms with E-state index >= 15 is 0 Å². The number of unbranched alkanes of at least 4 members (excludes halogenated alkanes) is 2. The highest BCUT2D eigenvalue weighted by atomic mass is 16.3. The minimum absolute atomic E-state index is 0.0771. The van der Waals surface area contributed by atoms with E-state index in [2.05, 4.69) is 6.92 Å². The van der Waals surface area contributed by atoms with Crippen molar-refractivity contribution in [3.63, 3.8) is 0 Å². The van der Waals surface area contributed by atoms with Gasteiger partial charge in [-0.15, -0.1) is 0 Å². The second kappa shape index (κ2) is 5.72. The van der Waals surface area contributed by atoms with Gasteiger partial charge in [0.2, 0.25) is 0 Å². The van der Waals surface area contributed by atoms with Crippen LogP contribution in [0.15, 0.2) is 0 Å². The van der Waals surface area contributed by atoms with Crippen LogP contribution in [0.3, 0.4) is 0 Å². The van der Waals surface area contributed by atoms with Gasteiger partial charge in [-0.1, -0.05) is 39.0 Å². The number of nitrogens with two attached hydrogens (primary N) is 1. The van der Waals surface area contributed by atoms with Crippen LogP contribution in [0.2, 0.25) is 0 Å². The van der Waals surface area contributed by atoms with Gasteiger partial charge in [-0.3, -0.25) is 0 Å². The SMILES string of the molecule is CCCCCC(O)C1(CN)CCCC1. The first-order chi connectivity index (χ1) is 6.75. The van der Waals surface area contributed by atoms with E-state index in [1.54, 1.807) is 0 Å². The van der Waals surface area contributed by atoms with Crippen LogP contribution in [0.5, 0.6) is 0 Å². The molecule has 3 N–H and O–H groups in total. The third-order valence-electron chi connectivity index (χ3n) is 3.79. The van der Waals surface area contributed by atoms with E-state index in [1.165, 1.54) is 25.7 Å². The van der Waals surface area contributed by atoms with Crippen LogP contribution in [0.25, 0.3) is 0 Å². The van der Waals surface area contributed by atoms with Crippen molar-refractivity contribution in [2.24, 2.45) is 11.1 Å². The van der Waals surface area contributed by atoms with Crippen LogP contribution in [0.1, 0.15) is 58.3 Å². The van der Waals surface area contributed by atoms with Crippen molar-refractivity contribution < 1.29 is 5.11 Å². The average Bonchev–Trinajstić information content (AvgIpc) is 2.67. The smallest absolute Gasteiger partial charge is 0.0608 e. The summed E-state index contributed by atoms with van der Waals surface area (Å²) in [6, 6.07) is 0. The molecule has 14 heavy (non-hydrogen) atoms. The summed E-state index contributed by atoms with van der Waals surface area (Å²) in [4.78, 5) is 0. The van der Waals surface area contributed by atoms with Crippen molar-refractivity contribution in [3.05, 3.63) is 0 Å². The molecule has 1 atom stereocenters. The Morgan fingerprint density at radius 3 is 2.43 bits per heavy atom. The normalized spacial score (nSPS) is 22.5. The van der Waals surface area contributed by atoms with E-state index in [4.69, 9.17) is 5.73 Å². The Labute approximate surface area is 87.9 Å². The molecule has 1 fully saturated rings. The molecule has 0 aromatic carbocycles. The molecule has 1 unspecified atom stereocenters. The molecule has 0 spiro atoms. The molecule has 2 nitrogen and oxygen atoms in total. The van der Waals surface area contributed by atoms with Gasteiger partial charge in [0.25, 0.3) is 0 Å². The second-order valence-corrected chi connectivity index (χ2v) is 4.79. The van der Waals surface area contributed by atoms with Gasteiger partial charge in [0.05, 0.1) is 6.10 Å². The minimum Gasteiger partial charge on any atom is -0.393 e. The molecule has 0 radical (unpaired) electrons. The summed E-state index contributed by atoms with van der Waals surface area (Å²) in [7, 11) is 0. The maximum Gasteiger partial charge on any atom is 0.0608 e. The Morgan fingerprint density at radius 1 is 1.29 bits per heavy atom. The van der Waals surface area contributed by atoms with Crippen LogP contribution in [0, 0.1) is 5.41 Å². The molecular weight excluding hydrogens is 174 g/mol. The number of hydrogen-bond acceptors (Lipinski definition) is 2. The van der Waals surface area contributed by atoms with Crippen LogP contribution in [-0.2, 0) is 0 Å². The Hall–Kier alpha value is -0.0800. The first-order valence-corrected chi connectivity index (χ1v) is 6.13. The average molecular weight is 199 g/mol. The van der Waals surface area contributed by atoms with Crippen molar-refractivity contribution in [1.29, 1.82) is 0 Å². The van der Waals surface area contributed by atoms with Crippen molar-refractivity contribution in [2.45, 2.75) is 64.4 Å². The zero-order valence-corrected chi connectivity index (χ0v) is 9.47. The van der Waals surface area contributed by atoms with Crippen LogP contribution in [-0.4, -0.2) is 17.8 Å². The molecule has 1 aliphatic carbocycles.